The van der Waals surface area contributed by atoms with Crippen molar-refractivity contribution in [2.45, 2.75) is 18.1 Å². The number of rotatable bonds is 2. The van der Waals surface area contributed by atoms with Crippen LogP contribution in [-0.2, 0) is 4.74 Å². The third-order valence-corrected chi connectivity index (χ3v) is 3.39. The van der Waals surface area contributed by atoms with Crippen LogP contribution in [0.5, 0.6) is 0 Å². The Morgan fingerprint density at radius 1 is 1.75 bits per heavy atom. The second kappa shape index (κ2) is 4.86. The van der Waals surface area contributed by atoms with Crippen molar-refractivity contribution in [1.29, 1.82) is 0 Å². The van der Waals surface area contributed by atoms with Crippen molar-refractivity contribution in [3.8, 4) is 0 Å². The summed E-state index contributed by atoms with van der Waals surface area (Å²) in [5.74, 6) is 1.04. The molecule has 0 bridgehead atoms. The van der Waals surface area contributed by atoms with Crippen molar-refractivity contribution in [1.82, 2.24) is 9.55 Å². The van der Waals surface area contributed by atoms with Gasteiger partial charge in [0.2, 0.25) is 0 Å². The smallest absolute Gasteiger partial charge is 0.352 e. The zero-order valence-electron chi connectivity index (χ0n) is 8.57. The van der Waals surface area contributed by atoms with Gasteiger partial charge in [-0.15, -0.1) is 11.8 Å². The van der Waals surface area contributed by atoms with E-state index >= 15 is 0 Å². The molecule has 0 aromatic carbocycles. The van der Waals surface area contributed by atoms with E-state index < -0.39 is 11.2 Å². The van der Waals surface area contributed by atoms with Gasteiger partial charge in [0.05, 0.1) is 12.7 Å². The predicted molar refractivity (Wildman–Crippen MR) is 61.0 cm³/mol. The van der Waals surface area contributed by atoms with Gasteiger partial charge in [0.1, 0.15) is 5.82 Å². The number of nitrogen functional groups attached to an aromatic ring is 1. The Morgan fingerprint density at radius 3 is 3.25 bits per heavy atom. The van der Waals surface area contributed by atoms with Gasteiger partial charge in [-0.05, 0) is 12.5 Å². The van der Waals surface area contributed by atoms with E-state index in [4.69, 9.17) is 15.6 Å². The first-order chi connectivity index (χ1) is 7.70. The van der Waals surface area contributed by atoms with Crippen molar-refractivity contribution in [2.24, 2.45) is 0 Å². The molecular weight excluding hydrogens is 230 g/mol. The van der Waals surface area contributed by atoms with Crippen molar-refractivity contribution >= 4 is 17.6 Å². The summed E-state index contributed by atoms with van der Waals surface area (Å²) in [6.07, 6.45) is 2.13. The zero-order chi connectivity index (χ0) is 11.5. The van der Waals surface area contributed by atoms with Gasteiger partial charge in [-0.1, -0.05) is 0 Å². The molecule has 0 amide bonds. The lowest BCUT2D eigenvalue weighted by atomic mass is 10.3. The van der Waals surface area contributed by atoms with Gasteiger partial charge in [-0.3, -0.25) is 4.57 Å². The Morgan fingerprint density at radius 2 is 2.56 bits per heavy atom. The first kappa shape index (κ1) is 11.4. The van der Waals surface area contributed by atoms with E-state index in [2.05, 4.69) is 4.98 Å². The van der Waals surface area contributed by atoms with Crippen LogP contribution in [0.25, 0.3) is 0 Å². The third kappa shape index (κ3) is 2.37. The van der Waals surface area contributed by atoms with E-state index in [1.807, 2.05) is 0 Å². The predicted octanol–water partition coefficient (Wildman–Crippen LogP) is -0.204. The van der Waals surface area contributed by atoms with E-state index in [9.17, 15) is 4.79 Å². The minimum atomic E-state index is -0.434. The Balaban J connectivity index is 2.20. The van der Waals surface area contributed by atoms with Crippen LogP contribution in [0.4, 0.5) is 5.82 Å². The number of anilines is 1. The number of ether oxygens (including phenoxy) is 1. The largest absolute Gasteiger partial charge is 0.394 e. The van der Waals surface area contributed by atoms with Gasteiger partial charge in [0.15, 0.2) is 5.56 Å². The minimum Gasteiger partial charge on any atom is -0.394 e. The Hall–Kier alpha value is -1.05. The summed E-state index contributed by atoms with van der Waals surface area (Å²) in [5, 5.41) is 9.01. The third-order valence-electron chi connectivity index (χ3n) is 2.29. The molecule has 2 atom stereocenters. The number of nitrogens with zero attached hydrogens (tertiary/aromatic N) is 2. The van der Waals surface area contributed by atoms with Gasteiger partial charge < -0.3 is 15.6 Å². The fourth-order valence-corrected chi connectivity index (χ4v) is 2.60. The molecule has 88 valence electrons. The average Bonchev–Trinajstić information content (AvgIpc) is 2.29. The standard InChI is InChI=1S/C9H13N3O3S/c10-7-1-3-12(8(14)11-7)9-15-6(5-13)2-4-16-9/h1,3,6,9,13H,2,4-5H2,(H2,10,11,14)/t6-,9+/m0/s1. The number of thioether (sulfide) groups is 1. The highest BCUT2D eigenvalue weighted by Gasteiger charge is 2.24. The summed E-state index contributed by atoms with van der Waals surface area (Å²) in [5.41, 5.74) is 4.54. The lowest BCUT2D eigenvalue weighted by Gasteiger charge is -2.29. The minimum absolute atomic E-state index is 0.0335. The average molecular weight is 243 g/mol. The van der Waals surface area contributed by atoms with E-state index in [0.29, 0.717) is 0 Å². The molecule has 0 radical (unpaired) electrons. The molecule has 1 aromatic rings. The number of hydrogen-bond acceptors (Lipinski definition) is 6. The highest BCUT2D eigenvalue weighted by Crippen LogP contribution is 2.31. The zero-order valence-corrected chi connectivity index (χ0v) is 9.39. The second-order valence-electron chi connectivity index (χ2n) is 3.45. The van der Waals surface area contributed by atoms with E-state index in [1.165, 1.54) is 16.3 Å². The van der Waals surface area contributed by atoms with Gasteiger partial charge in [-0.25, -0.2) is 4.79 Å². The normalized spacial score (nSPS) is 25.6. The first-order valence-corrected chi connectivity index (χ1v) is 5.98. The maximum Gasteiger partial charge on any atom is 0.352 e. The highest BCUT2D eigenvalue weighted by molar-refractivity contribution is 7.99. The van der Waals surface area contributed by atoms with Crippen molar-refractivity contribution < 1.29 is 9.84 Å². The lowest BCUT2D eigenvalue weighted by molar-refractivity contribution is -0.0383. The van der Waals surface area contributed by atoms with Crippen LogP contribution in [0.3, 0.4) is 0 Å². The van der Waals surface area contributed by atoms with Crippen LogP contribution in [0.15, 0.2) is 17.1 Å². The van der Waals surface area contributed by atoms with Crippen LogP contribution in [0, 0.1) is 0 Å². The number of aromatic nitrogens is 2. The van der Waals surface area contributed by atoms with Crippen LogP contribution in [0.1, 0.15) is 12.0 Å². The van der Waals surface area contributed by atoms with Gasteiger partial charge in [0.25, 0.3) is 0 Å². The summed E-state index contributed by atoms with van der Waals surface area (Å²) in [6.45, 7) is -0.0335. The fourth-order valence-electron chi connectivity index (χ4n) is 1.44. The molecule has 1 aromatic heterocycles. The molecule has 0 aliphatic carbocycles. The number of nitrogens with two attached hydrogens (primary N) is 1. The van der Waals surface area contributed by atoms with Crippen molar-refractivity contribution in [3.05, 3.63) is 22.7 Å². The Labute approximate surface area is 96.4 Å². The molecule has 3 N–H and O–H groups in total. The maximum atomic E-state index is 11.6. The molecule has 6 nitrogen and oxygen atoms in total. The molecular formula is C9H13N3O3S. The number of hydrogen-bond donors (Lipinski definition) is 2. The number of aliphatic hydroxyl groups is 1. The molecule has 1 saturated heterocycles. The molecule has 2 rings (SSSR count). The van der Waals surface area contributed by atoms with Crippen molar-refractivity contribution in [2.75, 3.05) is 18.1 Å². The molecule has 2 heterocycles. The monoisotopic (exact) mass is 243 g/mol. The quantitative estimate of drug-likeness (QED) is 0.747. The molecule has 1 aliphatic heterocycles. The van der Waals surface area contributed by atoms with Gasteiger partial charge in [-0.2, -0.15) is 4.98 Å². The van der Waals surface area contributed by atoms with E-state index in [0.717, 1.165) is 12.2 Å². The topological polar surface area (TPSA) is 90.4 Å². The maximum absolute atomic E-state index is 11.6. The van der Waals surface area contributed by atoms with E-state index in [1.54, 1.807) is 12.3 Å². The summed E-state index contributed by atoms with van der Waals surface area (Å²) in [7, 11) is 0. The van der Waals surface area contributed by atoms with Gasteiger partial charge in [0, 0.05) is 11.9 Å². The van der Waals surface area contributed by atoms with E-state index in [-0.39, 0.29) is 18.5 Å². The van der Waals surface area contributed by atoms with Crippen LogP contribution in [-0.4, -0.2) is 33.1 Å². The summed E-state index contributed by atoms with van der Waals surface area (Å²) in [6, 6.07) is 1.55. The highest BCUT2D eigenvalue weighted by atomic mass is 32.2. The molecule has 1 fully saturated rings. The van der Waals surface area contributed by atoms with Crippen LogP contribution in [0.2, 0.25) is 0 Å². The molecule has 16 heavy (non-hydrogen) atoms. The van der Waals surface area contributed by atoms with Gasteiger partial charge >= 0.3 is 5.69 Å². The summed E-state index contributed by atoms with van der Waals surface area (Å²) >= 11 is 1.50. The molecule has 7 heteroatoms. The molecule has 0 saturated carbocycles. The van der Waals surface area contributed by atoms with Crippen LogP contribution >= 0.6 is 11.8 Å². The molecule has 0 unspecified atom stereocenters. The SMILES string of the molecule is Nc1ccn([C@@H]2O[C@H](CO)CCS2)c(=O)n1. The Kier molecular flexibility index (Phi) is 3.47. The lowest BCUT2D eigenvalue weighted by Crippen LogP contribution is -2.33. The molecule has 0 spiro atoms. The fraction of sp³-hybridized carbons (Fsp3) is 0.556. The van der Waals surface area contributed by atoms with Crippen molar-refractivity contribution in [3.63, 3.8) is 0 Å². The molecule has 1 aliphatic rings. The summed E-state index contributed by atoms with van der Waals surface area (Å²) < 4.78 is 6.92. The number of aliphatic hydroxyl groups excluding tert-OH is 1. The summed E-state index contributed by atoms with van der Waals surface area (Å²) in [4.78, 5) is 15.2. The second-order valence-corrected chi connectivity index (χ2v) is 4.59. The first-order valence-electron chi connectivity index (χ1n) is 4.93. The Bertz CT molecular complexity index is 423. The van der Waals surface area contributed by atoms with Crippen LogP contribution < -0.4 is 11.4 Å².